The fraction of sp³-hybridized carbons (Fsp3) is 0.263. The fourth-order valence-corrected chi connectivity index (χ4v) is 2.60. The Bertz CT molecular complexity index is 704. The number of hydrogen-bond acceptors (Lipinski definition) is 2. The number of halogens is 1. The molecule has 0 radical (unpaired) electrons. The summed E-state index contributed by atoms with van der Waals surface area (Å²) < 4.78 is 0. The molecule has 0 aliphatic heterocycles. The molecule has 0 heterocycles. The third kappa shape index (κ3) is 4.83. The molecular weight excluding hydrogens is 324 g/mol. The maximum absolute atomic E-state index is 12.2. The number of carbonyl (C=O) groups is 2. The molecule has 0 atom stereocenters. The summed E-state index contributed by atoms with van der Waals surface area (Å²) in [4.78, 5) is 24.2. The lowest BCUT2D eigenvalue weighted by Crippen LogP contribution is -2.22. The lowest BCUT2D eigenvalue weighted by Gasteiger charge is -2.14. The van der Waals surface area contributed by atoms with E-state index in [0.717, 1.165) is 29.7 Å². The van der Waals surface area contributed by atoms with E-state index in [0.29, 0.717) is 10.7 Å². The van der Waals surface area contributed by atoms with Crippen LogP contribution in [0.1, 0.15) is 31.4 Å². The molecule has 5 heteroatoms. The van der Waals surface area contributed by atoms with Crippen LogP contribution in [-0.2, 0) is 22.4 Å². The van der Waals surface area contributed by atoms with Gasteiger partial charge >= 0.3 is 0 Å². The van der Waals surface area contributed by atoms with Crippen LogP contribution in [0.2, 0.25) is 5.02 Å². The topological polar surface area (TPSA) is 58.2 Å². The second-order valence-corrected chi connectivity index (χ2v) is 5.87. The van der Waals surface area contributed by atoms with Crippen molar-refractivity contribution >= 4 is 34.8 Å². The van der Waals surface area contributed by atoms with E-state index in [1.54, 1.807) is 24.3 Å². The van der Waals surface area contributed by atoms with Crippen LogP contribution < -0.4 is 10.6 Å². The molecule has 0 spiro atoms. The zero-order valence-electron chi connectivity index (χ0n) is 13.9. The number of hydrogen-bond donors (Lipinski definition) is 2. The summed E-state index contributed by atoms with van der Waals surface area (Å²) in [6.07, 6.45) is 1.41. The number of carbonyl (C=O) groups excluding carboxylic acids is 2. The van der Waals surface area contributed by atoms with E-state index >= 15 is 0 Å². The van der Waals surface area contributed by atoms with E-state index in [1.807, 2.05) is 32.0 Å². The van der Waals surface area contributed by atoms with Gasteiger partial charge in [-0.05, 0) is 48.2 Å². The van der Waals surface area contributed by atoms with Crippen molar-refractivity contribution in [2.75, 3.05) is 10.6 Å². The van der Waals surface area contributed by atoms with Gasteiger partial charge in [-0.25, -0.2) is 0 Å². The lowest BCUT2D eigenvalue weighted by molar-refractivity contribution is -0.123. The number of anilines is 2. The second kappa shape index (κ2) is 8.50. The molecule has 4 nitrogen and oxygen atoms in total. The van der Waals surface area contributed by atoms with Crippen molar-refractivity contribution in [3.8, 4) is 0 Å². The molecule has 2 aromatic rings. The molecule has 0 aromatic heterocycles. The summed E-state index contributed by atoms with van der Waals surface area (Å²) >= 11 is 5.80. The van der Waals surface area contributed by atoms with Crippen LogP contribution in [0.5, 0.6) is 0 Å². The number of benzene rings is 2. The van der Waals surface area contributed by atoms with Gasteiger partial charge in [0, 0.05) is 16.4 Å². The Hall–Kier alpha value is -2.33. The highest BCUT2D eigenvalue weighted by molar-refractivity contribution is 6.30. The lowest BCUT2D eigenvalue weighted by atomic mass is 10.0. The molecule has 0 bridgehead atoms. The molecule has 0 aliphatic rings. The molecule has 2 aromatic carbocycles. The minimum atomic E-state index is -0.359. The number of para-hydroxylation sites is 1. The second-order valence-electron chi connectivity index (χ2n) is 5.44. The van der Waals surface area contributed by atoms with Crippen LogP contribution in [0.15, 0.2) is 42.5 Å². The Labute approximate surface area is 147 Å². The summed E-state index contributed by atoms with van der Waals surface area (Å²) in [5.74, 6) is -0.682. The van der Waals surface area contributed by atoms with Crippen molar-refractivity contribution in [3.05, 3.63) is 58.6 Å². The Balaban J connectivity index is 2.00. The number of rotatable bonds is 6. The third-order valence-electron chi connectivity index (χ3n) is 3.71. The summed E-state index contributed by atoms with van der Waals surface area (Å²) in [6.45, 7) is 4.08. The normalized spacial score (nSPS) is 10.3. The van der Waals surface area contributed by atoms with Crippen molar-refractivity contribution in [1.29, 1.82) is 0 Å². The first-order valence-corrected chi connectivity index (χ1v) is 8.37. The largest absolute Gasteiger partial charge is 0.326 e. The molecule has 2 amide bonds. The van der Waals surface area contributed by atoms with Gasteiger partial charge in [0.15, 0.2) is 0 Å². The minimum Gasteiger partial charge on any atom is -0.326 e. The molecule has 0 aliphatic carbocycles. The van der Waals surface area contributed by atoms with Crippen molar-refractivity contribution < 1.29 is 9.59 Å². The fourth-order valence-electron chi connectivity index (χ4n) is 2.47. The van der Waals surface area contributed by atoms with Gasteiger partial charge in [0.05, 0.1) is 0 Å². The monoisotopic (exact) mass is 344 g/mol. The van der Waals surface area contributed by atoms with Gasteiger partial charge in [-0.15, -0.1) is 0 Å². The standard InChI is InChI=1S/C19H21ClN2O2/c1-3-13-6-5-7-14(4-2)19(13)22-18(24)12-17(23)21-16-10-8-15(20)9-11-16/h5-11H,3-4,12H2,1-2H3,(H,21,23)(H,22,24). The highest BCUT2D eigenvalue weighted by Gasteiger charge is 2.13. The predicted octanol–water partition coefficient (Wildman–Crippen LogP) is 4.43. The first kappa shape index (κ1) is 18.0. The molecule has 126 valence electrons. The average molecular weight is 345 g/mol. The van der Waals surface area contributed by atoms with Crippen molar-refractivity contribution in [3.63, 3.8) is 0 Å². The van der Waals surface area contributed by atoms with Gasteiger partial charge in [-0.2, -0.15) is 0 Å². The molecule has 2 N–H and O–H groups in total. The predicted molar refractivity (Wildman–Crippen MR) is 98.5 cm³/mol. The molecule has 0 saturated heterocycles. The Morgan fingerprint density at radius 1 is 0.875 bits per heavy atom. The molecule has 0 saturated carbocycles. The van der Waals surface area contributed by atoms with E-state index in [2.05, 4.69) is 10.6 Å². The summed E-state index contributed by atoms with van der Waals surface area (Å²) in [5, 5.41) is 6.16. The maximum atomic E-state index is 12.2. The zero-order valence-corrected chi connectivity index (χ0v) is 14.6. The number of aryl methyl sites for hydroxylation is 2. The van der Waals surface area contributed by atoms with Crippen LogP contribution in [0, 0.1) is 0 Å². The Kier molecular flexibility index (Phi) is 6.38. The van der Waals surface area contributed by atoms with E-state index in [-0.39, 0.29) is 18.2 Å². The van der Waals surface area contributed by atoms with Gasteiger partial charge in [-0.3, -0.25) is 9.59 Å². The van der Waals surface area contributed by atoms with Crippen LogP contribution in [0.3, 0.4) is 0 Å². The first-order chi connectivity index (χ1) is 11.5. The average Bonchev–Trinajstić information content (AvgIpc) is 2.57. The SMILES string of the molecule is CCc1cccc(CC)c1NC(=O)CC(=O)Nc1ccc(Cl)cc1. The van der Waals surface area contributed by atoms with Gasteiger partial charge in [0.25, 0.3) is 0 Å². The van der Waals surface area contributed by atoms with Crippen molar-refractivity contribution in [1.82, 2.24) is 0 Å². The molecule has 2 rings (SSSR count). The zero-order chi connectivity index (χ0) is 17.5. The molecular formula is C19H21ClN2O2. The van der Waals surface area contributed by atoms with Crippen LogP contribution >= 0.6 is 11.6 Å². The van der Waals surface area contributed by atoms with Crippen LogP contribution in [0.25, 0.3) is 0 Å². The van der Waals surface area contributed by atoms with E-state index in [1.165, 1.54) is 0 Å². The molecule has 24 heavy (non-hydrogen) atoms. The highest BCUT2D eigenvalue weighted by Crippen LogP contribution is 2.22. The van der Waals surface area contributed by atoms with Crippen molar-refractivity contribution in [2.45, 2.75) is 33.1 Å². The molecule has 0 fully saturated rings. The maximum Gasteiger partial charge on any atom is 0.233 e. The first-order valence-electron chi connectivity index (χ1n) is 7.99. The minimum absolute atomic E-state index is 0.232. The van der Waals surface area contributed by atoms with Gasteiger partial charge in [0.2, 0.25) is 11.8 Å². The third-order valence-corrected chi connectivity index (χ3v) is 3.96. The van der Waals surface area contributed by atoms with Crippen LogP contribution in [-0.4, -0.2) is 11.8 Å². The Morgan fingerprint density at radius 2 is 1.42 bits per heavy atom. The summed E-state index contributed by atoms with van der Waals surface area (Å²) in [6, 6.07) is 12.7. The Morgan fingerprint density at radius 3 is 1.96 bits per heavy atom. The highest BCUT2D eigenvalue weighted by atomic mass is 35.5. The molecule has 0 unspecified atom stereocenters. The smallest absolute Gasteiger partial charge is 0.233 e. The van der Waals surface area contributed by atoms with E-state index < -0.39 is 0 Å². The van der Waals surface area contributed by atoms with E-state index in [9.17, 15) is 9.59 Å². The summed E-state index contributed by atoms with van der Waals surface area (Å²) in [7, 11) is 0. The van der Waals surface area contributed by atoms with Gasteiger partial charge in [0.1, 0.15) is 6.42 Å². The van der Waals surface area contributed by atoms with E-state index in [4.69, 9.17) is 11.6 Å². The summed E-state index contributed by atoms with van der Waals surface area (Å²) in [5.41, 5.74) is 3.58. The van der Waals surface area contributed by atoms with Crippen molar-refractivity contribution in [2.24, 2.45) is 0 Å². The quantitative estimate of drug-likeness (QED) is 0.761. The number of amides is 2. The number of nitrogens with one attached hydrogen (secondary N) is 2. The van der Waals surface area contributed by atoms with Gasteiger partial charge in [-0.1, -0.05) is 43.6 Å². The van der Waals surface area contributed by atoms with Crippen LogP contribution in [0.4, 0.5) is 11.4 Å². The van der Waals surface area contributed by atoms with Gasteiger partial charge < -0.3 is 10.6 Å².